The van der Waals surface area contributed by atoms with E-state index in [0.29, 0.717) is 6.04 Å². The molecule has 0 spiro atoms. The molecule has 78 valence electrons. The first kappa shape index (κ1) is 9.86. The van der Waals surface area contributed by atoms with Gasteiger partial charge in [-0.15, -0.1) is 0 Å². The number of aryl methyl sites for hydroxylation is 1. The fourth-order valence-corrected chi connectivity index (χ4v) is 2.40. The highest BCUT2D eigenvalue weighted by molar-refractivity contribution is 7.09. The van der Waals surface area contributed by atoms with Crippen LogP contribution in [0, 0.1) is 6.92 Å². The third-order valence-corrected chi connectivity index (χ3v) is 3.49. The zero-order valence-electron chi connectivity index (χ0n) is 8.73. The van der Waals surface area contributed by atoms with Gasteiger partial charge in [-0.05, 0) is 20.8 Å². The molecule has 0 amide bonds. The molecular weight excluding hydrogens is 198 g/mol. The molecule has 14 heavy (non-hydrogen) atoms. The van der Waals surface area contributed by atoms with Crippen molar-refractivity contribution in [3.63, 3.8) is 0 Å². The smallest absolute Gasteiger partial charge is 0.205 e. The summed E-state index contributed by atoms with van der Waals surface area (Å²) in [4.78, 5) is 6.67. The van der Waals surface area contributed by atoms with E-state index in [2.05, 4.69) is 28.1 Å². The average Bonchev–Trinajstić information content (AvgIpc) is 2.57. The Morgan fingerprint density at radius 2 is 2.29 bits per heavy atom. The summed E-state index contributed by atoms with van der Waals surface area (Å²) in [5, 5.41) is 1.02. The van der Waals surface area contributed by atoms with Crippen molar-refractivity contribution >= 4 is 16.7 Å². The number of rotatable bonds is 1. The molecule has 0 unspecified atom stereocenters. The fourth-order valence-electron chi connectivity index (χ4n) is 1.61. The van der Waals surface area contributed by atoms with E-state index in [-0.39, 0.29) is 6.10 Å². The Hall–Kier alpha value is -0.680. The van der Waals surface area contributed by atoms with E-state index in [1.165, 1.54) is 11.5 Å². The number of aromatic nitrogens is 2. The molecule has 2 atom stereocenters. The van der Waals surface area contributed by atoms with Gasteiger partial charge in [0.1, 0.15) is 5.82 Å². The van der Waals surface area contributed by atoms with Gasteiger partial charge in [0.05, 0.1) is 18.8 Å². The summed E-state index contributed by atoms with van der Waals surface area (Å²) < 4.78 is 9.76. The summed E-state index contributed by atoms with van der Waals surface area (Å²) >= 11 is 1.47. The molecule has 0 N–H and O–H groups in total. The van der Waals surface area contributed by atoms with E-state index in [4.69, 9.17) is 4.74 Å². The molecule has 0 bridgehead atoms. The Bertz CT molecular complexity index is 315. The van der Waals surface area contributed by atoms with E-state index >= 15 is 0 Å². The van der Waals surface area contributed by atoms with E-state index < -0.39 is 0 Å². The Balaban J connectivity index is 2.17. The molecule has 1 aromatic rings. The number of morpholine rings is 1. The first-order chi connectivity index (χ1) is 6.68. The summed E-state index contributed by atoms with van der Waals surface area (Å²) in [5.74, 6) is 0.858. The lowest BCUT2D eigenvalue weighted by Crippen LogP contribution is -2.48. The summed E-state index contributed by atoms with van der Waals surface area (Å²) in [6, 6.07) is 0.385. The Labute approximate surface area is 88.1 Å². The van der Waals surface area contributed by atoms with Crippen molar-refractivity contribution < 1.29 is 4.74 Å². The third kappa shape index (κ3) is 1.74. The topological polar surface area (TPSA) is 38.2 Å². The fraction of sp³-hybridized carbons (Fsp3) is 0.778. The first-order valence-corrected chi connectivity index (χ1v) is 5.64. The van der Waals surface area contributed by atoms with Gasteiger partial charge in [0.2, 0.25) is 5.13 Å². The van der Waals surface area contributed by atoms with Gasteiger partial charge in [0, 0.05) is 18.1 Å². The minimum Gasteiger partial charge on any atom is -0.375 e. The summed E-state index contributed by atoms with van der Waals surface area (Å²) in [6.07, 6.45) is 0.271. The Morgan fingerprint density at radius 1 is 1.50 bits per heavy atom. The van der Waals surface area contributed by atoms with Crippen molar-refractivity contribution in [2.24, 2.45) is 0 Å². The predicted molar refractivity (Wildman–Crippen MR) is 56.9 cm³/mol. The lowest BCUT2D eigenvalue weighted by atomic mass is 10.1. The highest BCUT2D eigenvalue weighted by Crippen LogP contribution is 2.23. The number of anilines is 1. The van der Waals surface area contributed by atoms with Crippen LogP contribution < -0.4 is 4.90 Å². The van der Waals surface area contributed by atoms with E-state index in [1.807, 2.05) is 6.92 Å². The maximum Gasteiger partial charge on any atom is 0.205 e. The molecule has 0 aliphatic carbocycles. The van der Waals surface area contributed by atoms with Crippen LogP contribution in [-0.4, -0.2) is 34.7 Å². The van der Waals surface area contributed by atoms with Gasteiger partial charge in [0.25, 0.3) is 0 Å². The quantitative estimate of drug-likeness (QED) is 0.708. The second kappa shape index (κ2) is 3.82. The molecule has 0 radical (unpaired) electrons. The van der Waals surface area contributed by atoms with Crippen LogP contribution in [0.1, 0.15) is 19.7 Å². The molecular formula is C9H15N3OS. The molecule has 2 rings (SSSR count). The predicted octanol–water partition coefficient (Wildman–Crippen LogP) is 1.46. The Kier molecular flexibility index (Phi) is 2.69. The number of ether oxygens (including phenoxy) is 1. The molecule has 2 heterocycles. The SMILES string of the molecule is Cc1nsc(N2CCO[C@H](C)[C@H]2C)n1. The van der Waals surface area contributed by atoms with Crippen LogP contribution in [0.25, 0.3) is 0 Å². The van der Waals surface area contributed by atoms with Crippen LogP contribution >= 0.6 is 11.5 Å². The third-order valence-electron chi connectivity index (χ3n) is 2.65. The van der Waals surface area contributed by atoms with Gasteiger partial charge in [-0.1, -0.05) is 0 Å². The van der Waals surface area contributed by atoms with Gasteiger partial charge in [-0.3, -0.25) is 0 Å². The van der Waals surface area contributed by atoms with Gasteiger partial charge < -0.3 is 9.64 Å². The Morgan fingerprint density at radius 3 is 2.93 bits per heavy atom. The van der Waals surface area contributed by atoms with Crippen LogP contribution in [-0.2, 0) is 4.74 Å². The molecule has 1 fully saturated rings. The highest BCUT2D eigenvalue weighted by atomic mass is 32.1. The van der Waals surface area contributed by atoms with Crippen molar-refractivity contribution in [3.8, 4) is 0 Å². The summed E-state index contributed by atoms with van der Waals surface area (Å²) in [6.45, 7) is 7.89. The van der Waals surface area contributed by atoms with Crippen LogP contribution in [0.5, 0.6) is 0 Å². The number of hydrogen-bond donors (Lipinski definition) is 0. The largest absolute Gasteiger partial charge is 0.375 e. The van der Waals surface area contributed by atoms with Crippen LogP contribution in [0.4, 0.5) is 5.13 Å². The minimum absolute atomic E-state index is 0.271. The lowest BCUT2D eigenvalue weighted by molar-refractivity contribution is 0.0284. The molecule has 1 aliphatic heterocycles. The minimum atomic E-state index is 0.271. The van der Waals surface area contributed by atoms with E-state index in [0.717, 1.165) is 24.1 Å². The number of hydrogen-bond acceptors (Lipinski definition) is 5. The van der Waals surface area contributed by atoms with Gasteiger partial charge in [-0.2, -0.15) is 4.37 Å². The van der Waals surface area contributed by atoms with Crippen molar-refractivity contribution in [3.05, 3.63) is 5.82 Å². The lowest BCUT2D eigenvalue weighted by Gasteiger charge is -2.37. The van der Waals surface area contributed by atoms with E-state index in [9.17, 15) is 0 Å². The van der Waals surface area contributed by atoms with Crippen molar-refractivity contribution in [1.29, 1.82) is 0 Å². The van der Waals surface area contributed by atoms with Gasteiger partial charge in [0.15, 0.2) is 0 Å². The average molecular weight is 213 g/mol. The maximum atomic E-state index is 5.56. The second-order valence-corrected chi connectivity index (χ2v) is 4.36. The van der Waals surface area contributed by atoms with Crippen LogP contribution in [0.15, 0.2) is 0 Å². The molecule has 0 saturated carbocycles. The summed E-state index contributed by atoms with van der Waals surface area (Å²) in [7, 11) is 0. The molecule has 1 aromatic heterocycles. The van der Waals surface area contributed by atoms with Crippen LogP contribution in [0.3, 0.4) is 0 Å². The van der Waals surface area contributed by atoms with E-state index in [1.54, 1.807) is 0 Å². The zero-order valence-corrected chi connectivity index (χ0v) is 9.54. The first-order valence-electron chi connectivity index (χ1n) is 4.87. The monoisotopic (exact) mass is 213 g/mol. The maximum absolute atomic E-state index is 5.56. The highest BCUT2D eigenvalue weighted by Gasteiger charge is 2.27. The van der Waals surface area contributed by atoms with Gasteiger partial charge in [-0.25, -0.2) is 4.98 Å². The van der Waals surface area contributed by atoms with Crippen molar-refractivity contribution in [2.45, 2.75) is 32.9 Å². The van der Waals surface area contributed by atoms with Crippen LogP contribution in [0.2, 0.25) is 0 Å². The normalized spacial score (nSPS) is 28.1. The molecule has 1 saturated heterocycles. The standard InChI is InChI=1S/C9H15N3OS/c1-6-7(2)13-5-4-12(6)9-10-8(3)11-14-9/h6-7H,4-5H2,1-3H3/t6-,7-/m1/s1. The van der Waals surface area contributed by atoms with Crippen molar-refractivity contribution in [1.82, 2.24) is 9.36 Å². The summed E-state index contributed by atoms with van der Waals surface area (Å²) in [5.41, 5.74) is 0. The molecule has 4 nitrogen and oxygen atoms in total. The molecule has 5 heteroatoms. The zero-order chi connectivity index (χ0) is 10.1. The molecule has 1 aliphatic rings. The second-order valence-electron chi connectivity index (χ2n) is 3.63. The molecule has 0 aromatic carbocycles. The van der Waals surface area contributed by atoms with Gasteiger partial charge >= 0.3 is 0 Å². The number of nitrogens with zero attached hydrogens (tertiary/aromatic N) is 3. The van der Waals surface area contributed by atoms with Crippen molar-refractivity contribution in [2.75, 3.05) is 18.1 Å².